The zero-order valence-corrected chi connectivity index (χ0v) is 70.1. The molecule has 19 heteroatoms. The summed E-state index contributed by atoms with van der Waals surface area (Å²) in [5, 5.41) is 10.7. The van der Waals surface area contributed by atoms with Crippen LogP contribution in [0.3, 0.4) is 0 Å². The van der Waals surface area contributed by atoms with Crippen LogP contribution in [0.15, 0.2) is 24.3 Å². The number of hydrogen-bond donors (Lipinski definition) is 3. The Balaban J connectivity index is 5.27. The molecule has 0 aromatic carbocycles. The Morgan fingerprint density at radius 1 is 0.295 bits per heavy atom. The maximum Gasteiger partial charge on any atom is 0.472 e. The third kappa shape index (κ3) is 79.4. The number of phosphoric ester groups is 2. The van der Waals surface area contributed by atoms with Gasteiger partial charge in [-0.05, 0) is 57.3 Å². The van der Waals surface area contributed by atoms with Gasteiger partial charge in [-0.3, -0.25) is 37.3 Å². The van der Waals surface area contributed by atoms with Gasteiger partial charge in [0.15, 0.2) is 12.2 Å². The van der Waals surface area contributed by atoms with Gasteiger partial charge in [0.25, 0.3) is 0 Å². The maximum atomic E-state index is 13.1. The SMILES string of the molecule is CCCCCC/C=C\C=C/CCCCCCCC(=O)O[C@H](COC(=O)CCCCCCCCCCCCCC)COP(=O)(O)OC[C@H](O)COP(=O)(O)OC[C@@H](COC(=O)CCCCCCCCCCCCCCCCC(C)C)OC(=O)CCCCCCCCCCCCCCCCCCCCCCC. The van der Waals surface area contributed by atoms with Crippen molar-refractivity contribution in [3.05, 3.63) is 24.3 Å². The van der Waals surface area contributed by atoms with Crippen molar-refractivity contribution in [3.8, 4) is 0 Å². The molecule has 2 unspecified atom stereocenters. The number of ether oxygens (including phenoxy) is 4. The van der Waals surface area contributed by atoms with E-state index in [9.17, 15) is 43.2 Å². The van der Waals surface area contributed by atoms with Gasteiger partial charge in [-0.25, -0.2) is 9.13 Å². The van der Waals surface area contributed by atoms with E-state index in [4.69, 9.17) is 37.0 Å². The fraction of sp³-hybridized carbons (Fsp3) is 0.907. The number of aliphatic hydroxyl groups is 1. The highest BCUT2D eigenvalue weighted by atomic mass is 31.2. The summed E-state index contributed by atoms with van der Waals surface area (Å²) in [5.41, 5.74) is 0. The molecule has 620 valence electrons. The molecule has 5 atom stereocenters. The quantitative estimate of drug-likeness (QED) is 0.0169. The number of aliphatic hydroxyl groups excluding tert-OH is 1. The average Bonchev–Trinajstić information content (AvgIpc) is 0.908. The highest BCUT2D eigenvalue weighted by Crippen LogP contribution is 2.45. The summed E-state index contributed by atoms with van der Waals surface area (Å²) in [4.78, 5) is 73.2. The average molecular weight is 1530 g/mol. The Kier molecular flexibility index (Phi) is 76.4. The van der Waals surface area contributed by atoms with E-state index in [0.717, 1.165) is 109 Å². The van der Waals surface area contributed by atoms with Crippen molar-refractivity contribution < 1.29 is 80.2 Å². The molecule has 0 saturated carbocycles. The number of esters is 4. The molecule has 0 heterocycles. The van der Waals surface area contributed by atoms with Crippen molar-refractivity contribution >= 4 is 39.5 Å². The molecule has 0 saturated heterocycles. The van der Waals surface area contributed by atoms with Crippen molar-refractivity contribution in [2.24, 2.45) is 5.92 Å². The van der Waals surface area contributed by atoms with E-state index in [2.05, 4.69) is 58.9 Å². The van der Waals surface area contributed by atoms with Crippen LogP contribution in [0.25, 0.3) is 0 Å². The summed E-state index contributed by atoms with van der Waals surface area (Å²) in [6.45, 7) is 7.32. The third-order valence-corrected chi connectivity index (χ3v) is 21.6. The van der Waals surface area contributed by atoms with E-state index < -0.39 is 97.5 Å². The number of hydrogen-bond acceptors (Lipinski definition) is 15. The molecule has 0 aliphatic heterocycles. The molecule has 17 nitrogen and oxygen atoms in total. The maximum absolute atomic E-state index is 13.1. The first kappa shape index (κ1) is 103. The second kappa shape index (κ2) is 78.2. The van der Waals surface area contributed by atoms with Gasteiger partial charge in [-0.1, -0.05) is 386 Å². The fourth-order valence-corrected chi connectivity index (χ4v) is 14.5. The zero-order chi connectivity index (χ0) is 76.9. The summed E-state index contributed by atoms with van der Waals surface area (Å²) < 4.78 is 68.9. The summed E-state index contributed by atoms with van der Waals surface area (Å²) in [7, 11) is -9.94. The van der Waals surface area contributed by atoms with Crippen LogP contribution in [0.4, 0.5) is 0 Å². The van der Waals surface area contributed by atoms with E-state index in [1.807, 2.05) is 0 Å². The highest BCUT2D eigenvalue weighted by Gasteiger charge is 2.30. The van der Waals surface area contributed by atoms with Crippen LogP contribution >= 0.6 is 15.6 Å². The van der Waals surface area contributed by atoms with Crippen LogP contribution in [0, 0.1) is 5.92 Å². The number of rotatable bonds is 84. The minimum Gasteiger partial charge on any atom is -0.462 e. The molecule has 0 amide bonds. The molecule has 3 N–H and O–H groups in total. The van der Waals surface area contributed by atoms with Gasteiger partial charge in [-0.2, -0.15) is 0 Å². The lowest BCUT2D eigenvalue weighted by atomic mass is 10.0. The minimum atomic E-state index is -4.97. The van der Waals surface area contributed by atoms with Crippen LogP contribution in [0.2, 0.25) is 0 Å². The van der Waals surface area contributed by atoms with Crippen molar-refractivity contribution in [1.29, 1.82) is 0 Å². The van der Waals surface area contributed by atoms with Crippen LogP contribution in [0.1, 0.15) is 439 Å². The van der Waals surface area contributed by atoms with Gasteiger partial charge < -0.3 is 33.8 Å². The predicted octanol–water partition coefficient (Wildman–Crippen LogP) is 25.9. The molecule has 0 aliphatic rings. The zero-order valence-electron chi connectivity index (χ0n) is 68.4. The van der Waals surface area contributed by atoms with E-state index in [1.54, 1.807) is 0 Å². The molecule has 0 aromatic rings. The second-order valence-corrected chi connectivity index (χ2v) is 33.6. The lowest BCUT2D eigenvalue weighted by molar-refractivity contribution is -0.161. The number of allylic oxidation sites excluding steroid dienone is 4. The number of carbonyl (C=O) groups excluding carboxylic acids is 4. The van der Waals surface area contributed by atoms with Gasteiger partial charge >= 0.3 is 39.5 Å². The second-order valence-electron chi connectivity index (χ2n) is 30.7. The lowest BCUT2D eigenvalue weighted by Crippen LogP contribution is -2.30. The molecule has 0 spiro atoms. The highest BCUT2D eigenvalue weighted by molar-refractivity contribution is 7.47. The number of carbonyl (C=O) groups is 4. The smallest absolute Gasteiger partial charge is 0.462 e. The molecular formula is C86H164O17P2. The molecule has 0 aromatic heterocycles. The van der Waals surface area contributed by atoms with Crippen LogP contribution in [-0.2, 0) is 65.4 Å². The van der Waals surface area contributed by atoms with Crippen molar-refractivity contribution in [3.63, 3.8) is 0 Å². The van der Waals surface area contributed by atoms with Crippen LogP contribution in [-0.4, -0.2) is 96.7 Å². The number of unbranched alkanes of at least 4 members (excludes halogenated alkanes) is 53. The first-order valence-electron chi connectivity index (χ1n) is 44.0. The largest absolute Gasteiger partial charge is 0.472 e. The monoisotopic (exact) mass is 1530 g/mol. The lowest BCUT2D eigenvalue weighted by Gasteiger charge is -2.21. The van der Waals surface area contributed by atoms with Crippen LogP contribution in [0.5, 0.6) is 0 Å². The first-order valence-corrected chi connectivity index (χ1v) is 46.9. The third-order valence-electron chi connectivity index (χ3n) is 19.7. The van der Waals surface area contributed by atoms with E-state index in [0.29, 0.717) is 25.7 Å². The Morgan fingerprint density at radius 2 is 0.514 bits per heavy atom. The van der Waals surface area contributed by atoms with Gasteiger partial charge in [0.05, 0.1) is 26.4 Å². The minimum absolute atomic E-state index is 0.0858. The van der Waals surface area contributed by atoms with Gasteiger partial charge in [-0.15, -0.1) is 0 Å². The number of phosphoric acid groups is 2. The van der Waals surface area contributed by atoms with Crippen molar-refractivity contribution in [2.45, 2.75) is 457 Å². The molecular weight excluding hydrogens is 1370 g/mol. The molecule has 0 bridgehead atoms. The first-order chi connectivity index (χ1) is 51.0. The Labute approximate surface area is 643 Å². The molecule has 0 fully saturated rings. The fourth-order valence-electron chi connectivity index (χ4n) is 12.9. The van der Waals surface area contributed by atoms with Gasteiger partial charge in [0.1, 0.15) is 19.3 Å². The van der Waals surface area contributed by atoms with Gasteiger partial charge in [0, 0.05) is 25.7 Å². The standard InChI is InChI=1S/C86H164O17P2/c1-6-9-12-15-18-21-24-27-29-30-31-32-33-34-36-42-47-52-57-62-67-72-86(91)103-82(76-97-84(89)70-65-60-55-50-45-40-38-37-39-43-48-53-58-63-68-79(4)5)78-101-105(94,95)99-74-80(87)73-98-104(92,93)100-77-81(75-96-83(88)69-64-59-54-49-44-26-23-20-17-14-11-8-3)102-85(90)71-66-61-56-51-46-41-35-28-25-22-19-16-13-10-7-2/h22,25,28,35,79-82,87H,6-21,23-24,26-27,29-34,36-78H2,1-5H3,(H,92,93)(H,94,95)/b25-22-,35-28-/t80-,81+,82+/m0/s1. The van der Waals surface area contributed by atoms with Crippen LogP contribution < -0.4 is 0 Å². The van der Waals surface area contributed by atoms with Crippen molar-refractivity contribution in [2.75, 3.05) is 39.6 Å². The summed E-state index contributed by atoms with van der Waals surface area (Å²) in [6, 6.07) is 0. The predicted molar refractivity (Wildman–Crippen MR) is 432 cm³/mol. The topological polar surface area (TPSA) is 237 Å². The molecule has 0 radical (unpaired) electrons. The summed E-state index contributed by atoms with van der Waals surface area (Å²) in [6.07, 6.45) is 74.3. The summed E-state index contributed by atoms with van der Waals surface area (Å²) >= 11 is 0. The van der Waals surface area contributed by atoms with E-state index in [1.165, 1.54) is 250 Å². The Morgan fingerprint density at radius 3 is 0.781 bits per heavy atom. The van der Waals surface area contributed by atoms with E-state index >= 15 is 0 Å². The summed E-state index contributed by atoms with van der Waals surface area (Å²) in [5.74, 6) is -1.33. The normalized spacial score (nSPS) is 13.9. The molecule has 105 heavy (non-hydrogen) atoms. The molecule has 0 aliphatic carbocycles. The Bertz CT molecular complexity index is 2090. The van der Waals surface area contributed by atoms with E-state index in [-0.39, 0.29) is 25.7 Å². The Hall–Kier alpha value is -2.46. The van der Waals surface area contributed by atoms with Gasteiger partial charge in [0.2, 0.25) is 0 Å². The molecule has 0 rings (SSSR count). The van der Waals surface area contributed by atoms with Crippen molar-refractivity contribution in [1.82, 2.24) is 0 Å².